The molecule has 0 aliphatic rings. The summed E-state index contributed by atoms with van der Waals surface area (Å²) in [5.74, 6) is 2.42. The number of nitrogens with one attached hydrogen (secondary N) is 2. The Hall–Kier alpha value is -5.99. The summed E-state index contributed by atoms with van der Waals surface area (Å²) in [6.45, 7) is 12.2. The number of ether oxygens (including phenoxy) is 1. The van der Waals surface area contributed by atoms with Gasteiger partial charge in [0.05, 0.1) is 28.7 Å². The van der Waals surface area contributed by atoms with Crippen LogP contribution in [-0.2, 0) is 19.6 Å². The topological polar surface area (TPSA) is 140 Å². The van der Waals surface area contributed by atoms with Crippen molar-refractivity contribution in [2.75, 3.05) is 0 Å². The molecule has 14 heteroatoms. The van der Waals surface area contributed by atoms with Gasteiger partial charge >= 0.3 is 0 Å². The lowest BCUT2D eigenvalue weighted by Gasteiger charge is -2.17. The molecule has 0 bridgehead atoms. The quantitative estimate of drug-likeness (QED) is 0.101. The van der Waals surface area contributed by atoms with Crippen LogP contribution in [0, 0.1) is 23.4 Å². The first-order valence-corrected chi connectivity index (χ1v) is 19.0. The van der Waals surface area contributed by atoms with Crippen molar-refractivity contribution < 1.29 is 14.9 Å². The molecule has 0 spiro atoms. The van der Waals surface area contributed by atoms with E-state index in [2.05, 4.69) is 50.8 Å². The zero-order valence-electron chi connectivity index (χ0n) is 31.4. The van der Waals surface area contributed by atoms with Gasteiger partial charge < -0.3 is 24.5 Å². The van der Waals surface area contributed by atoms with Crippen LogP contribution in [0.3, 0.4) is 0 Å². The largest absolute Gasteiger partial charge is 0.508 e. The van der Waals surface area contributed by atoms with Crippen molar-refractivity contribution in [1.29, 1.82) is 0 Å². The zero-order chi connectivity index (χ0) is 38.7. The van der Waals surface area contributed by atoms with Gasteiger partial charge in [0.1, 0.15) is 22.8 Å². The molecule has 4 N–H and O–H groups in total. The van der Waals surface area contributed by atoms with E-state index < -0.39 is 0 Å². The number of nitrogens with zero attached hydrogens (tertiary/aromatic N) is 7. The van der Waals surface area contributed by atoms with E-state index in [-0.39, 0.29) is 24.3 Å². The Labute approximate surface area is 327 Å². The number of phenols is 2. The van der Waals surface area contributed by atoms with Gasteiger partial charge in [-0.15, -0.1) is 5.10 Å². The lowest BCUT2D eigenvalue weighted by molar-refractivity contribution is 0.220. The van der Waals surface area contributed by atoms with Crippen molar-refractivity contribution in [3.8, 4) is 51.4 Å². The Morgan fingerprint density at radius 1 is 0.836 bits per heavy atom. The van der Waals surface area contributed by atoms with Crippen LogP contribution in [0.25, 0.3) is 56.1 Å². The van der Waals surface area contributed by atoms with E-state index in [1.807, 2.05) is 79.3 Å². The molecule has 0 fully saturated rings. The zero-order valence-corrected chi connectivity index (χ0v) is 33.0. The molecule has 0 unspecified atom stereocenters. The smallest absolute Gasteiger partial charge is 0.206 e. The molecule has 0 saturated heterocycles. The van der Waals surface area contributed by atoms with Gasteiger partial charge in [-0.1, -0.05) is 19.9 Å². The van der Waals surface area contributed by atoms with Gasteiger partial charge in [-0.25, -0.2) is 9.67 Å². The number of aromatic nitrogens is 9. The summed E-state index contributed by atoms with van der Waals surface area (Å²) >= 11 is 12.0. The maximum atomic E-state index is 10.7. The van der Waals surface area contributed by atoms with Crippen LogP contribution in [-0.4, -0.2) is 53.9 Å². The van der Waals surface area contributed by atoms with E-state index >= 15 is 0 Å². The fourth-order valence-electron chi connectivity index (χ4n) is 7.35. The highest BCUT2D eigenvalue weighted by Gasteiger charge is 2.23. The molecule has 0 radical (unpaired) electrons. The molecule has 4 aromatic heterocycles. The van der Waals surface area contributed by atoms with E-state index in [9.17, 15) is 10.2 Å². The van der Waals surface area contributed by atoms with E-state index in [4.69, 9.17) is 34.3 Å². The number of H-pyrrole nitrogens is 2. The van der Waals surface area contributed by atoms with Gasteiger partial charge in [0.15, 0.2) is 23.2 Å². The van der Waals surface area contributed by atoms with Crippen molar-refractivity contribution in [2.45, 2.75) is 67.2 Å². The first kappa shape index (κ1) is 36.0. The Morgan fingerprint density at radius 3 is 2.20 bits per heavy atom. The highest BCUT2D eigenvalue weighted by atomic mass is 32.1. The molecule has 8 aromatic rings. The van der Waals surface area contributed by atoms with Crippen LogP contribution >= 0.6 is 24.4 Å². The van der Waals surface area contributed by atoms with Crippen molar-refractivity contribution in [1.82, 2.24) is 43.6 Å². The maximum absolute atomic E-state index is 10.7. The minimum atomic E-state index is 0.0216. The molecule has 55 heavy (non-hydrogen) atoms. The summed E-state index contributed by atoms with van der Waals surface area (Å²) in [6.07, 6.45) is 5.05. The molecule has 12 nitrogen and oxygen atoms in total. The average Bonchev–Trinajstić information content (AvgIpc) is 3.97. The highest BCUT2D eigenvalue weighted by Crippen LogP contribution is 2.38. The van der Waals surface area contributed by atoms with Gasteiger partial charge in [-0.2, -0.15) is 5.10 Å². The third kappa shape index (κ3) is 6.01. The number of fused-ring (bicyclic) bond motifs is 2. The lowest BCUT2D eigenvalue weighted by Crippen LogP contribution is -2.10. The number of rotatable bonds is 10. The van der Waals surface area contributed by atoms with Crippen LogP contribution in [0.1, 0.15) is 56.0 Å². The molecule has 4 aromatic carbocycles. The number of benzene rings is 4. The number of hydrogen-bond donors (Lipinski definition) is 4. The van der Waals surface area contributed by atoms with Gasteiger partial charge in [0, 0.05) is 28.8 Å². The standard InChI is InChI=1S/C41H41N9O3S2/c1-7-25-18-28(23(5)16-33(25)51)38-44-45-40(54)49(38)31-12-13-35(37-27(31)14-15-47(37)22(3)4)53-21-48-41(55)50(32-11-9-10-30-36(32)43-20-42-30)39(46-48)29-19-26(8-2)34(52)17-24(29)6/h9-20,22,51-52H,7-8,21H2,1-6H3,(H,42,43)(H,45,54). The summed E-state index contributed by atoms with van der Waals surface area (Å²) in [7, 11) is 0. The second-order valence-corrected chi connectivity index (χ2v) is 14.7. The van der Waals surface area contributed by atoms with Gasteiger partial charge in [-0.3, -0.25) is 14.2 Å². The maximum Gasteiger partial charge on any atom is 0.206 e. The summed E-state index contributed by atoms with van der Waals surface area (Å²) in [5.41, 5.74) is 9.22. The SMILES string of the molecule is CCc1cc(-c2n[nH]c(=S)n2-c2ccc(OCn3nc(-c4cc(CC)c(O)cc4C)n(-c4cccc5[nH]cnc45)c3=S)c3c2ccn3C(C)C)c(C)cc1O. The van der Waals surface area contributed by atoms with Crippen molar-refractivity contribution in [2.24, 2.45) is 0 Å². The molecule has 0 saturated carbocycles. The number of para-hydroxylation sites is 1. The molecule has 8 rings (SSSR count). The number of phenolic OH excluding ortho intramolecular Hbond substituents is 2. The Morgan fingerprint density at radius 2 is 1.53 bits per heavy atom. The molecular weight excluding hydrogens is 731 g/mol. The number of aromatic amines is 2. The Kier molecular flexibility index (Phi) is 9.18. The minimum absolute atomic E-state index is 0.0216. The molecule has 280 valence electrons. The summed E-state index contributed by atoms with van der Waals surface area (Å²) in [4.78, 5) is 7.81. The number of aryl methyl sites for hydroxylation is 4. The van der Waals surface area contributed by atoms with Crippen molar-refractivity contribution in [3.05, 3.63) is 105 Å². The molecule has 4 heterocycles. The van der Waals surface area contributed by atoms with Crippen LogP contribution in [0.5, 0.6) is 17.2 Å². The lowest BCUT2D eigenvalue weighted by atomic mass is 10.0. The predicted molar refractivity (Wildman–Crippen MR) is 220 cm³/mol. The molecule has 0 aliphatic heterocycles. The van der Waals surface area contributed by atoms with E-state index in [0.29, 0.717) is 39.8 Å². The number of aromatic hydroxyl groups is 2. The molecule has 0 aliphatic carbocycles. The minimum Gasteiger partial charge on any atom is -0.508 e. The van der Waals surface area contributed by atoms with E-state index in [1.54, 1.807) is 23.1 Å². The number of imidazole rings is 1. The second kappa shape index (κ2) is 14.0. The van der Waals surface area contributed by atoms with E-state index in [0.717, 1.165) is 66.7 Å². The summed E-state index contributed by atoms with van der Waals surface area (Å²) < 4.78 is 15.3. The third-order valence-electron chi connectivity index (χ3n) is 10.2. The predicted octanol–water partition coefficient (Wildman–Crippen LogP) is 9.58. The Bertz CT molecular complexity index is 2890. The van der Waals surface area contributed by atoms with Crippen LogP contribution in [0.15, 0.2) is 73.2 Å². The normalized spacial score (nSPS) is 11.8. The molecule has 0 amide bonds. The molecular formula is C41H41N9O3S2. The first-order chi connectivity index (χ1) is 26.5. The van der Waals surface area contributed by atoms with Gasteiger partial charge in [0.25, 0.3) is 0 Å². The fraction of sp³-hybridized carbons (Fsp3) is 0.244. The van der Waals surface area contributed by atoms with Crippen LogP contribution in [0.2, 0.25) is 0 Å². The Balaban J connectivity index is 1.25. The molecule has 0 atom stereocenters. The summed E-state index contributed by atoms with van der Waals surface area (Å²) in [5, 5.41) is 34.9. The van der Waals surface area contributed by atoms with Crippen LogP contribution in [0.4, 0.5) is 0 Å². The monoisotopic (exact) mass is 771 g/mol. The van der Waals surface area contributed by atoms with Gasteiger partial charge in [0.2, 0.25) is 4.77 Å². The van der Waals surface area contributed by atoms with Gasteiger partial charge in [-0.05, 0) is 142 Å². The number of hydrogen-bond acceptors (Lipinski definition) is 8. The average molecular weight is 772 g/mol. The fourth-order valence-corrected chi connectivity index (χ4v) is 7.86. The first-order valence-electron chi connectivity index (χ1n) is 18.2. The van der Waals surface area contributed by atoms with Crippen LogP contribution < -0.4 is 4.74 Å². The van der Waals surface area contributed by atoms with Crippen molar-refractivity contribution >= 4 is 46.4 Å². The third-order valence-corrected chi connectivity index (χ3v) is 10.9. The second-order valence-electron chi connectivity index (χ2n) is 13.9. The van der Waals surface area contributed by atoms with E-state index in [1.165, 1.54) is 0 Å². The highest BCUT2D eigenvalue weighted by molar-refractivity contribution is 7.71. The van der Waals surface area contributed by atoms with Crippen molar-refractivity contribution in [3.63, 3.8) is 0 Å². The summed E-state index contributed by atoms with van der Waals surface area (Å²) in [6, 6.07) is 19.5.